The molecule has 0 radical (unpaired) electrons. The Bertz CT molecular complexity index is 741. The van der Waals surface area contributed by atoms with Crippen molar-refractivity contribution in [1.29, 1.82) is 0 Å². The van der Waals surface area contributed by atoms with Gasteiger partial charge in [0.15, 0.2) is 6.61 Å². The second kappa shape index (κ2) is 7.37. The van der Waals surface area contributed by atoms with Crippen molar-refractivity contribution in [3.63, 3.8) is 0 Å². The van der Waals surface area contributed by atoms with Crippen LogP contribution in [0.15, 0.2) is 40.9 Å². The van der Waals surface area contributed by atoms with Crippen LogP contribution in [0.2, 0.25) is 0 Å². The van der Waals surface area contributed by atoms with Crippen molar-refractivity contribution in [1.82, 2.24) is 0 Å². The highest BCUT2D eigenvalue weighted by Crippen LogP contribution is 2.19. The average molecular weight is 380 g/mol. The maximum atomic E-state index is 13.6. The van der Waals surface area contributed by atoms with Gasteiger partial charge in [0.2, 0.25) is 0 Å². The summed E-state index contributed by atoms with van der Waals surface area (Å²) >= 11 is 3.10. The Morgan fingerprint density at radius 1 is 1.17 bits per heavy atom. The van der Waals surface area contributed by atoms with E-state index in [1.807, 2.05) is 32.0 Å². The first kappa shape index (κ1) is 17.1. The molecule has 1 N–H and O–H groups in total. The van der Waals surface area contributed by atoms with Crippen LogP contribution in [0.25, 0.3) is 0 Å². The number of hydrogen-bond donors (Lipinski definition) is 1. The molecule has 0 spiro atoms. The lowest BCUT2D eigenvalue weighted by atomic mass is 10.1. The predicted molar refractivity (Wildman–Crippen MR) is 88.9 cm³/mol. The van der Waals surface area contributed by atoms with E-state index >= 15 is 0 Å². The second-order valence-electron chi connectivity index (χ2n) is 5.02. The maximum absolute atomic E-state index is 13.6. The molecule has 6 heteroatoms. The van der Waals surface area contributed by atoms with Gasteiger partial charge in [0.05, 0.1) is 5.56 Å². The van der Waals surface area contributed by atoms with E-state index in [0.29, 0.717) is 10.2 Å². The van der Waals surface area contributed by atoms with Gasteiger partial charge in [-0.15, -0.1) is 0 Å². The summed E-state index contributed by atoms with van der Waals surface area (Å²) in [5, 5.41) is 2.69. The summed E-state index contributed by atoms with van der Waals surface area (Å²) in [4.78, 5) is 23.7. The molecule has 2 aromatic carbocycles. The Morgan fingerprint density at radius 2 is 1.83 bits per heavy atom. The number of ether oxygens (including phenoxy) is 1. The Kier molecular flexibility index (Phi) is 5.50. The number of halogens is 2. The number of carbonyl (C=O) groups excluding carboxylic acids is 2. The smallest absolute Gasteiger partial charge is 0.341 e. The predicted octanol–water partition coefficient (Wildman–Crippen LogP) is 4.00. The zero-order chi connectivity index (χ0) is 17.0. The molecule has 0 saturated carbocycles. The Labute approximate surface area is 141 Å². The number of nitrogens with one attached hydrogen (secondary N) is 1. The van der Waals surface area contributed by atoms with Gasteiger partial charge in [-0.1, -0.05) is 34.1 Å². The van der Waals surface area contributed by atoms with E-state index in [-0.39, 0.29) is 5.56 Å². The SMILES string of the molecule is Cc1cccc(C)c1NC(=O)COC(=O)c1ccc(Br)cc1F. The molecule has 0 aliphatic heterocycles. The number of benzene rings is 2. The van der Waals surface area contributed by atoms with Gasteiger partial charge in [-0.3, -0.25) is 4.79 Å². The third-order valence-electron chi connectivity index (χ3n) is 3.23. The molecule has 0 heterocycles. The molecule has 0 saturated heterocycles. The molecule has 23 heavy (non-hydrogen) atoms. The number of anilines is 1. The molecule has 120 valence electrons. The van der Waals surface area contributed by atoms with Crippen LogP contribution in [0.5, 0.6) is 0 Å². The maximum Gasteiger partial charge on any atom is 0.341 e. The van der Waals surface area contributed by atoms with Crippen molar-refractivity contribution in [2.75, 3.05) is 11.9 Å². The van der Waals surface area contributed by atoms with Gasteiger partial charge in [0, 0.05) is 10.2 Å². The first-order valence-corrected chi connectivity index (χ1v) is 7.66. The number of aryl methyl sites for hydroxylation is 2. The fraction of sp³-hybridized carbons (Fsp3) is 0.176. The van der Waals surface area contributed by atoms with Crippen LogP contribution in [0.1, 0.15) is 21.5 Å². The molecule has 0 aliphatic carbocycles. The van der Waals surface area contributed by atoms with E-state index in [1.54, 1.807) is 0 Å². The summed E-state index contributed by atoms with van der Waals surface area (Å²) in [5.41, 5.74) is 2.28. The van der Waals surface area contributed by atoms with Crippen LogP contribution in [0.4, 0.5) is 10.1 Å². The van der Waals surface area contributed by atoms with Crippen LogP contribution in [0, 0.1) is 19.7 Å². The average Bonchev–Trinajstić information content (AvgIpc) is 2.49. The minimum Gasteiger partial charge on any atom is -0.452 e. The summed E-state index contributed by atoms with van der Waals surface area (Å²) in [5.74, 6) is -2.07. The summed E-state index contributed by atoms with van der Waals surface area (Å²) in [6, 6.07) is 9.60. The van der Waals surface area contributed by atoms with E-state index in [2.05, 4.69) is 21.2 Å². The molecule has 0 fully saturated rings. The summed E-state index contributed by atoms with van der Waals surface area (Å²) in [6.07, 6.45) is 0. The zero-order valence-corrected chi connectivity index (χ0v) is 14.2. The first-order valence-electron chi connectivity index (χ1n) is 6.86. The highest BCUT2D eigenvalue weighted by molar-refractivity contribution is 9.10. The largest absolute Gasteiger partial charge is 0.452 e. The van der Waals surface area contributed by atoms with Gasteiger partial charge >= 0.3 is 5.97 Å². The minimum absolute atomic E-state index is 0.215. The molecule has 0 unspecified atom stereocenters. The third kappa shape index (κ3) is 4.39. The number of hydrogen-bond acceptors (Lipinski definition) is 3. The highest BCUT2D eigenvalue weighted by atomic mass is 79.9. The molecule has 0 atom stereocenters. The van der Waals surface area contributed by atoms with Crippen LogP contribution >= 0.6 is 15.9 Å². The van der Waals surface area contributed by atoms with E-state index < -0.39 is 24.3 Å². The standard InChI is InChI=1S/C17H15BrFNO3/c1-10-4-3-5-11(2)16(10)20-15(21)9-23-17(22)13-7-6-12(18)8-14(13)19/h3-8H,9H2,1-2H3,(H,20,21). The number of para-hydroxylation sites is 1. The van der Waals surface area contributed by atoms with E-state index in [4.69, 9.17) is 4.74 Å². The molecule has 0 aromatic heterocycles. The molecule has 4 nitrogen and oxygen atoms in total. The van der Waals surface area contributed by atoms with Crippen molar-refractivity contribution >= 4 is 33.5 Å². The second-order valence-corrected chi connectivity index (χ2v) is 5.93. The van der Waals surface area contributed by atoms with Crippen molar-refractivity contribution in [2.45, 2.75) is 13.8 Å². The van der Waals surface area contributed by atoms with Crippen LogP contribution in [0.3, 0.4) is 0 Å². The van der Waals surface area contributed by atoms with Crippen molar-refractivity contribution in [3.8, 4) is 0 Å². The minimum atomic E-state index is -0.883. The molecular weight excluding hydrogens is 365 g/mol. The van der Waals surface area contributed by atoms with Gasteiger partial charge in [-0.05, 0) is 43.2 Å². The Balaban J connectivity index is 1.98. The zero-order valence-electron chi connectivity index (χ0n) is 12.7. The van der Waals surface area contributed by atoms with Crippen molar-refractivity contribution in [2.24, 2.45) is 0 Å². The number of amides is 1. The lowest BCUT2D eigenvalue weighted by molar-refractivity contribution is -0.119. The topological polar surface area (TPSA) is 55.4 Å². The van der Waals surface area contributed by atoms with Gasteiger partial charge < -0.3 is 10.1 Å². The lowest BCUT2D eigenvalue weighted by Gasteiger charge is -2.11. The normalized spacial score (nSPS) is 10.3. The Morgan fingerprint density at radius 3 is 2.43 bits per heavy atom. The fourth-order valence-electron chi connectivity index (χ4n) is 2.05. The monoisotopic (exact) mass is 379 g/mol. The van der Waals surface area contributed by atoms with Gasteiger partial charge in [-0.2, -0.15) is 0 Å². The molecule has 1 amide bonds. The highest BCUT2D eigenvalue weighted by Gasteiger charge is 2.15. The Hall–Kier alpha value is -2.21. The molecular formula is C17H15BrFNO3. The fourth-order valence-corrected chi connectivity index (χ4v) is 2.38. The van der Waals surface area contributed by atoms with E-state index in [9.17, 15) is 14.0 Å². The van der Waals surface area contributed by atoms with Gasteiger partial charge in [0.1, 0.15) is 5.82 Å². The summed E-state index contributed by atoms with van der Waals surface area (Å²) in [6.45, 7) is 3.25. The van der Waals surface area contributed by atoms with Crippen molar-refractivity contribution < 1.29 is 18.7 Å². The molecule has 2 rings (SSSR count). The third-order valence-corrected chi connectivity index (χ3v) is 3.72. The van der Waals surface area contributed by atoms with Crippen LogP contribution in [-0.4, -0.2) is 18.5 Å². The molecule has 2 aromatic rings. The summed E-state index contributed by atoms with van der Waals surface area (Å²) < 4.78 is 19.0. The van der Waals surface area contributed by atoms with E-state index in [0.717, 1.165) is 17.2 Å². The summed E-state index contributed by atoms with van der Waals surface area (Å²) in [7, 11) is 0. The van der Waals surface area contributed by atoms with Gasteiger partial charge in [0.25, 0.3) is 5.91 Å². The van der Waals surface area contributed by atoms with Crippen LogP contribution in [-0.2, 0) is 9.53 Å². The van der Waals surface area contributed by atoms with Crippen molar-refractivity contribution in [3.05, 3.63) is 63.4 Å². The number of carbonyl (C=O) groups is 2. The van der Waals surface area contributed by atoms with Crippen LogP contribution < -0.4 is 5.32 Å². The quantitative estimate of drug-likeness (QED) is 0.816. The first-order chi connectivity index (χ1) is 10.9. The van der Waals surface area contributed by atoms with Gasteiger partial charge in [-0.25, -0.2) is 9.18 Å². The molecule has 0 bridgehead atoms. The van der Waals surface area contributed by atoms with E-state index in [1.165, 1.54) is 12.1 Å². The molecule has 0 aliphatic rings. The number of esters is 1. The lowest BCUT2D eigenvalue weighted by Crippen LogP contribution is -2.22. The number of rotatable bonds is 4.